The monoisotopic (exact) mass is 389 g/mol. The molecule has 0 saturated heterocycles. The number of hydrogen-bond acceptors (Lipinski definition) is 3. The number of carbonyl (C=O) groups excluding carboxylic acids is 1. The van der Waals surface area contributed by atoms with E-state index >= 15 is 0 Å². The second-order valence-electron chi connectivity index (χ2n) is 6.03. The van der Waals surface area contributed by atoms with Gasteiger partial charge in [-0.2, -0.15) is 0 Å². The Morgan fingerprint density at radius 3 is 2.65 bits per heavy atom. The van der Waals surface area contributed by atoms with Gasteiger partial charge in [0.25, 0.3) is 5.56 Å². The van der Waals surface area contributed by atoms with Gasteiger partial charge in [-0.15, -0.1) is 0 Å². The molecule has 3 aromatic rings. The Balaban J connectivity index is 1.81. The largest absolute Gasteiger partial charge is 0.348 e. The number of rotatable bonds is 4. The lowest BCUT2D eigenvalue weighted by Gasteiger charge is -2.16. The number of nitrogens with zero attached hydrogens (tertiary/aromatic N) is 2. The highest BCUT2D eigenvalue weighted by Crippen LogP contribution is 2.25. The highest BCUT2D eigenvalue weighted by Gasteiger charge is 2.14. The molecular weight excluding hydrogens is 373 g/mol. The fourth-order valence-electron chi connectivity index (χ4n) is 2.76. The van der Waals surface area contributed by atoms with Gasteiger partial charge in [0.05, 0.1) is 27.0 Å². The van der Waals surface area contributed by atoms with Crippen molar-refractivity contribution in [3.8, 4) is 0 Å². The van der Waals surface area contributed by atoms with E-state index in [-0.39, 0.29) is 24.1 Å². The van der Waals surface area contributed by atoms with Crippen LogP contribution in [0.15, 0.2) is 47.3 Å². The van der Waals surface area contributed by atoms with Crippen molar-refractivity contribution < 1.29 is 4.79 Å². The molecule has 1 heterocycles. The zero-order valence-corrected chi connectivity index (χ0v) is 15.8. The Hall–Kier alpha value is -2.37. The van der Waals surface area contributed by atoms with Crippen molar-refractivity contribution >= 4 is 40.0 Å². The molecule has 0 aliphatic heterocycles. The van der Waals surface area contributed by atoms with E-state index < -0.39 is 0 Å². The third-order valence-electron chi connectivity index (χ3n) is 4.18. The van der Waals surface area contributed by atoms with Gasteiger partial charge in [-0.3, -0.25) is 14.2 Å². The summed E-state index contributed by atoms with van der Waals surface area (Å²) in [6.07, 6.45) is 0. The van der Waals surface area contributed by atoms with Crippen LogP contribution in [-0.4, -0.2) is 15.5 Å². The zero-order valence-electron chi connectivity index (χ0n) is 14.3. The lowest BCUT2D eigenvalue weighted by Crippen LogP contribution is -2.35. The summed E-state index contributed by atoms with van der Waals surface area (Å²) in [5.74, 6) is 0.205. The third-order valence-corrected chi connectivity index (χ3v) is 4.91. The normalized spacial score (nSPS) is 12.2. The Bertz CT molecular complexity index is 1050. The fourth-order valence-corrected chi connectivity index (χ4v) is 3.07. The molecule has 1 N–H and O–H groups in total. The molecule has 0 saturated carbocycles. The summed E-state index contributed by atoms with van der Waals surface area (Å²) in [5.41, 5.74) is 1.22. The second-order valence-corrected chi connectivity index (χ2v) is 6.84. The van der Waals surface area contributed by atoms with Gasteiger partial charge in [-0.05, 0) is 43.7 Å². The second kappa shape index (κ2) is 7.48. The first-order valence-corrected chi connectivity index (χ1v) is 8.83. The number of para-hydroxylation sites is 1. The van der Waals surface area contributed by atoms with Crippen molar-refractivity contribution in [2.24, 2.45) is 0 Å². The van der Waals surface area contributed by atoms with Crippen LogP contribution < -0.4 is 10.9 Å². The molecule has 1 amide bonds. The first kappa shape index (κ1) is 18.4. The first-order chi connectivity index (χ1) is 12.4. The first-order valence-electron chi connectivity index (χ1n) is 8.07. The van der Waals surface area contributed by atoms with Crippen LogP contribution in [0.1, 0.15) is 24.4 Å². The van der Waals surface area contributed by atoms with Crippen molar-refractivity contribution in [1.82, 2.24) is 14.9 Å². The minimum absolute atomic E-state index is 0.103. The van der Waals surface area contributed by atoms with Gasteiger partial charge in [0.1, 0.15) is 12.4 Å². The van der Waals surface area contributed by atoms with E-state index in [9.17, 15) is 9.59 Å². The minimum atomic E-state index is -0.286. The zero-order chi connectivity index (χ0) is 18.8. The molecule has 3 rings (SSSR count). The smallest absolute Gasteiger partial charge is 0.261 e. The van der Waals surface area contributed by atoms with Crippen LogP contribution in [0.25, 0.3) is 10.9 Å². The summed E-state index contributed by atoms with van der Waals surface area (Å²) in [7, 11) is 0. The van der Waals surface area contributed by atoms with Crippen molar-refractivity contribution in [2.45, 2.75) is 26.4 Å². The van der Waals surface area contributed by atoms with E-state index in [2.05, 4.69) is 10.3 Å². The Kier molecular flexibility index (Phi) is 5.30. The average Bonchev–Trinajstić information content (AvgIpc) is 2.61. The Morgan fingerprint density at radius 1 is 1.19 bits per heavy atom. The number of fused-ring (bicyclic) bond motifs is 1. The van der Waals surface area contributed by atoms with Gasteiger partial charge < -0.3 is 5.32 Å². The highest BCUT2D eigenvalue weighted by atomic mass is 35.5. The van der Waals surface area contributed by atoms with Crippen molar-refractivity contribution in [2.75, 3.05) is 0 Å². The molecule has 0 radical (unpaired) electrons. The highest BCUT2D eigenvalue weighted by molar-refractivity contribution is 6.42. The maximum absolute atomic E-state index is 12.6. The lowest BCUT2D eigenvalue weighted by atomic mass is 10.1. The molecule has 2 aromatic carbocycles. The molecule has 0 aliphatic rings. The molecule has 0 spiro atoms. The summed E-state index contributed by atoms with van der Waals surface area (Å²) in [4.78, 5) is 29.5. The maximum atomic E-state index is 12.6. The third kappa shape index (κ3) is 3.74. The Labute approximate surface area is 160 Å². The van der Waals surface area contributed by atoms with Gasteiger partial charge in [-0.1, -0.05) is 41.4 Å². The molecule has 134 valence electrons. The van der Waals surface area contributed by atoms with E-state index in [4.69, 9.17) is 23.2 Å². The van der Waals surface area contributed by atoms with Crippen LogP contribution in [0.4, 0.5) is 0 Å². The maximum Gasteiger partial charge on any atom is 0.261 e. The van der Waals surface area contributed by atoms with Gasteiger partial charge >= 0.3 is 0 Å². The standard InChI is InChI=1S/C19H17Cl2N3O2/c1-11(13-7-8-15(20)16(21)9-13)22-18(25)10-24-12(2)23-17-6-4-3-5-14(17)19(24)26/h3-9,11H,10H2,1-2H3,(H,22,25)/t11-/m0/s1. The van der Waals surface area contributed by atoms with Crippen LogP contribution in [0.2, 0.25) is 10.0 Å². The summed E-state index contributed by atoms with van der Waals surface area (Å²) in [5, 5.41) is 4.24. The number of amides is 1. The number of carbonyl (C=O) groups is 1. The van der Waals surface area contributed by atoms with Crippen LogP contribution >= 0.6 is 23.2 Å². The van der Waals surface area contributed by atoms with Gasteiger partial charge in [0.2, 0.25) is 5.91 Å². The summed E-state index contributed by atoms with van der Waals surface area (Å²) in [6, 6.07) is 12.0. The van der Waals surface area contributed by atoms with Crippen LogP contribution in [-0.2, 0) is 11.3 Å². The molecule has 0 fully saturated rings. The minimum Gasteiger partial charge on any atom is -0.348 e. The summed E-state index contributed by atoms with van der Waals surface area (Å²) in [6.45, 7) is 3.45. The van der Waals surface area contributed by atoms with E-state index in [1.807, 2.05) is 13.0 Å². The van der Waals surface area contributed by atoms with E-state index in [1.165, 1.54) is 4.57 Å². The average molecular weight is 390 g/mol. The number of benzene rings is 2. The molecule has 0 aliphatic carbocycles. The molecule has 7 heteroatoms. The number of aromatic nitrogens is 2. The predicted octanol–water partition coefficient (Wildman–Crippen LogP) is 3.89. The van der Waals surface area contributed by atoms with Crippen LogP contribution in [0.3, 0.4) is 0 Å². The van der Waals surface area contributed by atoms with Gasteiger partial charge in [0, 0.05) is 0 Å². The van der Waals surface area contributed by atoms with Gasteiger partial charge in [-0.25, -0.2) is 4.98 Å². The quantitative estimate of drug-likeness (QED) is 0.735. The SMILES string of the molecule is Cc1nc2ccccc2c(=O)n1CC(=O)N[C@@H](C)c1ccc(Cl)c(Cl)c1. The Morgan fingerprint density at radius 2 is 1.92 bits per heavy atom. The van der Waals surface area contributed by atoms with Gasteiger partial charge in [0.15, 0.2) is 0 Å². The van der Waals surface area contributed by atoms with Crippen molar-refractivity contribution in [3.63, 3.8) is 0 Å². The van der Waals surface area contributed by atoms with Crippen LogP contribution in [0.5, 0.6) is 0 Å². The number of aryl methyl sites for hydroxylation is 1. The molecule has 0 unspecified atom stereocenters. The lowest BCUT2D eigenvalue weighted by molar-refractivity contribution is -0.122. The van der Waals surface area contributed by atoms with Crippen LogP contribution in [0, 0.1) is 6.92 Å². The molecular formula is C19H17Cl2N3O2. The number of halogens is 2. The van der Waals surface area contributed by atoms with Crippen molar-refractivity contribution in [1.29, 1.82) is 0 Å². The molecule has 1 atom stereocenters. The van der Waals surface area contributed by atoms with E-state index in [0.717, 1.165) is 5.56 Å². The molecule has 26 heavy (non-hydrogen) atoms. The summed E-state index contributed by atoms with van der Waals surface area (Å²) < 4.78 is 1.37. The molecule has 1 aromatic heterocycles. The van der Waals surface area contributed by atoms with E-state index in [0.29, 0.717) is 26.8 Å². The number of hydrogen-bond donors (Lipinski definition) is 1. The fraction of sp³-hybridized carbons (Fsp3) is 0.211. The van der Waals surface area contributed by atoms with E-state index in [1.54, 1.807) is 43.3 Å². The number of nitrogens with one attached hydrogen (secondary N) is 1. The predicted molar refractivity (Wildman–Crippen MR) is 104 cm³/mol. The topological polar surface area (TPSA) is 64.0 Å². The molecule has 0 bridgehead atoms. The van der Waals surface area contributed by atoms with Crippen molar-refractivity contribution in [3.05, 3.63) is 74.3 Å². The summed E-state index contributed by atoms with van der Waals surface area (Å²) >= 11 is 11.9. The molecule has 5 nitrogen and oxygen atoms in total.